The van der Waals surface area contributed by atoms with Crippen molar-refractivity contribution in [2.75, 3.05) is 6.54 Å². The second kappa shape index (κ2) is 19.4. The zero-order chi connectivity index (χ0) is 22.4. The first-order valence-corrected chi connectivity index (χ1v) is 11.9. The molecule has 1 aromatic carbocycles. The molecule has 0 unspecified atom stereocenters. The Balaban J connectivity index is 1.94. The van der Waals surface area contributed by atoms with Gasteiger partial charge in [-0.05, 0) is 69.1 Å². The molecule has 0 spiro atoms. The van der Waals surface area contributed by atoms with Crippen LogP contribution in [0.15, 0.2) is 72.9 Å². The fraction of sp³-hybridized carbons (Fsp3) is 0.464. The topological polar surface area (TPSA) is 49.3 Å². The first kappa shape index (κ1) is 26.5. The number of unbranched alkanes of at least 4 members (excludes halogenated alkanes) is 4. The van der Waals surface area contributed by atoms with Gasteiger partial charge in [0.05, 0.1) is 0 Å². The Labute approximate surface area is 189 Å². The summed E-state index contributed by atoms with van der Waals surface area (Å²) in [4.78, 5) is 11.9. The lowest BCUT2D eigenvalue weighted by molar-refractivity contribution is -0.121. The molecule has 0 radical (unpaired) electrons. The van der Waals surface area contributed by atoms with E-state index >= 15 is 0 Å². The maximum absolute atomic E-state index is 11.9. The summed E-state index contributed by atoms with van der Waals surface area (Å²) in [5.41, 5.74) is 1.11. The molecule has 0 saturated heterocycles. The molecule has 1 rings (SSSR count). The van der Waals surface area contributed by atoms with E-state index in [1.54, 1.807) is 12.1 Å². The third-order valence-corrected chi connectivity index (χ3v) is 4.90. The number of aromatic hydroxyl groups is 1. The van der Waals surface area contributed by atoms with E-state index in [1.807, 2.05) is 12.1 Å². The molecule has 3 nitrogen and oxygen atoms in total. The first-order valence-electron chi connectivity index (χ1n) is 11.9. The normalized spacial score (nSPS) is 12.0. The van der Waals surface area contributed by atoms with Crippen LogP contribution in [0.3, 0.4) is 0 Å². The lowest BCUT2D eigenvalue weighted by atomic mass is 10.1. The third-order valence-electron chi connectivity index (χ3n) is 4.90. The van der Waals surface area contributed by atoms with Gasteiger partial charge in [0.25, 0.3) is 0 Å². The lowest BCUT2D eigenvalue weighted by Crippen LogP contribution is -2.25. The Kier molecular flexibility index (Phi) is 16.6. The number of phenolic OH excluding ortho intramolecular Hbond substituents is 1. The van der Waals surface area contributed by atoms with Crippen LogP contribution in [0.2, 0.25) is 0 Å². The van der Waals surface area contributed by atoms with Gasteiger partial charge in [-0.3, -0.25) is 4.79 Å². The minimum Gasteiger partial charge on any atom is -0.508 e. The highest BCUT2D eigenvalue weighted by atomic mass is 16.3. The molecule has 2 N–H and O–H groups in total. The number of benzene rings is 1. The summed E-state index contributed by atoms with van der Waals surface area (Å²) in [5, 5.41) is 12.2. The highest BCUT2D eigenvalue weighted by Gasteiger charge is 2.00. The molecule has 1 amide bonds. The standard InChI is InChI=1S/C28H41NO2/c1-2-3-4-5-6-7-8-9-10-11-12-13-14-15-16-17-18-19-28(31)29-25-24-26-20-22-27(30)23-21-26/h6-7,9-10,12-13,15-16,20-23,30H,2-5,8,11,14,17-19,24-25H2,1H3,(H,29,31). The summed E-state index contributed by atoms with van der Waals surface area (Å²) in [7, 11) is 0. The Hall–Kier alpha value is -2.55. The number of phenols is 1. The fourth-order valence-electron chi connectivity index (χ4n) is 3.04. The molecule has 0 bridgehead atoms. The van der Waals surface area contributed by atoms with E-state index < -0.39 is 0 Å². The number of carbonyl (C=O) groups excluding carboxylic acids is 1. The van der Waals surface area contributed by atoms with Gasteiger partial charge in [-0.25, -0.2) is 0 Å². The minimum atomic E-state index is 0.106. The molecule has 0 heterocycles. The van der Waals surface area contributed by atoms with Crippen molar-refractivity contribution in [3.63, 3.8) is 0 Å². The van der Waals surface area contributed by atoms with Gasteiger partial charge < -0.3 is 10.4 Å². The predicted molar refractivity (Wildman–Crippen MR) is 133 cm³/mol. The Morgan fingerprint density at radius 3 is 1.94 bits per heavy atom. The molecular weight excluding hydrogens is 382 g/mol. The van der Waals surface area contributed by atoms with Gasteiger partial charge in [-0.1, -0.05) is 80.5 Å². The van der Waals surface area contributed by atoms with E-state index in [1.165, 1.54) is 25.7 Å². The summed E-state index contributed by atoms with van der Waals surface area (Å²) >= 11 is 0. The molecule has 0 saturated carbocycles. The lowest BCUT2D eigenvalue weighted by Gasteiger charge is -2.05. The zero-order valence-electron chi connectivity index (χ0n) is 19.3. The molecule has 0 aliphatic carbocycles. The number of carbonyl (C=O) groups is 1. The van der Waals surface area contributed by atoms with Crippen molar-refractivity contribution in [2.45, 2.75) is 77.6 Å². The SMILES string of the molecule is CCCCCC=CCC=CCC=CCC=CCCCC(=O)NCCc1ccc(O)cc1. The van der Waals surface area contributed by atoms with Gasteiger partial charge in [0, 0.05) is 13.0 Å². The van der Waals surface area contributed by atoms with Crippen LogP contribution in [-0.2, 0) is 11.2 Å². The molecule has 0 aliphatic heterocycles. The van der Waals surface area contributed by atoms with Crippen LogP contribution in [-0.4, -0.2) is 17.6 Å². The van der Waals surface area contributed by atoms with Crippen molar-refractivity contribution < 1.29 is 9.90 Å². The molecule has 31 heavy (non-hydrogen) atoms. The Morgan fingerprint density at radius 2 is 1.35 bits per heavy atom. The van der Waals surface area contributed by atoms with E-state index in [9.17, 15) is 9.90 Å². The van der Waals surface area contributed by atoms with Crippen molar-refractivity contribution in [3.8, 4) is 5.75 Å². The van der Waals surface area contributed by atoms with Gasteiger partial charge in [-0.2, -0.15) is 0 Å². The average Bonchev–Trinajstić information content (AvgIpc) is 2.77. The van der Waals surface area contributed by atoms with Crippen molar-refractivity contribution in [1.82, 2.24) is 5.32 Å². The van der Waals surface area contributed by atoms with Gasteiger partial charge in [0.15, 0.2) is 0 Å². The third kappa shape index (κ3) is 16.9. The first-order chi connectivity index (χ1) is 15.2. The molecule has 3 heteroatoms. The van der Waals surface area contributed by atoms with E-state index in [0.29, 0.717) is 13.0 Å². The van der Waals surface area contributed by atoms with Crippen molar-refractivity contribution in [1.29, 1.82) is 0 Å². The fourth-order valence-corrected chi connectivity index (χ4v) is 3.04. The molecule has 0 atom stereocenters. The number of allylic oxidation sites excluding steroid dienone is 8. The number of rotatable bonds is 17. The van der Waals surface area contributed by atoms with E-state index in [-0.39, 0.29) is 11.7 Å². The molecular formula is C28H41NO2. The summed E-state index contributed by atoms with van der Waals surface area (Å²) in [6, 6.07) is 7.10. The van der Waals surface area contributed by atoms with E-state index in [4.69, 9.17) is 0 Å². The second-order valence-electron chi connectivity index (χ2n) is 7.75. The Morgan fingerprint density at radius 1 is 0.806 bits per heavy atom. The molecule has 0 aliphatic rings. The number of amides is 1. The smallest absolute Gasteiger partial charge is 0.220 e. The molecule has 0 aromatic heterocycles. The van der Waals surface area contributed by atoms with Crippen LogP contribution < -0.4 is 5.32 Å². The van der Waals surface area contributed by atoms with Crippen molar-refractivity contribution in [2.24, 2.45) is 0 Å². The van der Waals surface area contributed by atoms with Crippen LogP contribution in [0, 0.1) is 0 Å². The summed E-state index contributed by atoms with van der Waals surface area (Å²) in [6.07, 6.45) is 29.0. The maximum Gasteiger partial charge on any atom is 0.220 e. The van der Waals surface area contributed by atoms with Crippen molar-refractivity contribution in [3.05, 3.63) is 78.4 Å². The summed E-state index contributed by atoms with van der Waals surface area (Å²) < 4.78 is 0. The van der Waals surface area contributed by atoms with E-state index in [0.717, 1.165) is 44.1 Å². The van der Waals surface area contributed by atoms with Crippen LogP contribution in [0.4, 0.5) is 0 Å². The Bertz CT molecular complexity index is 683. The molecule has 0 fully saturated rings. The van der Waals surface area contributed by atoms with Crippen molar-refractivity contribution >= 4 is 5.91 Å². The van der Waals surface area contributed by atoms with Crippen LogP contribution >= 0.6 is 0 Å². The molecule has 170 valence electrons. The average molecular weight is 424 g/mol. The largest absolute Gasteiger partial charge is 0.508 e. The minimum absolute atomic E-state index is 0.106. The summed E-state index contributed by atoms with van der Waals surface area (Å²) in [5.74, 6) is 0.374. The highest BCUT2D eigenvalue weighted by molar-refractivity contribution is 5.75. The maximum atomic E-state index is 11.9. The monoisotopic (exact) mass is 423 g/mol. The number of hydrogen-bond donors (Lipinski definition) is 2. The van der Waals surface area contributed by atoms with Crippen LogP contribution in [0.5, 0.6) is 5.75 Å². The van der Waals surface area contributed by atoms with Gasteiger partial charge in [0.1, 0.15) is 5.75 Å². The predicted octanol–water partition coefficient (Wildman–Crippen LogP) is 7.20. The second-order valence-corrected chi connectivity index (χ2v) is 7.75. The number of hydrogen-bond acceptors (Lipinski definition) is 2. The van der Waals surface area contributed by atoms with Gasteiger partial charge in [-0.15, -0.1) is 0 Å². The highest BCUT2D eigenvalue weighted by Crippen LogP contribution is 2.09. The van der Waals surface area contributed by atoms with Crippen LogP contribution in [0.1, 0.15) is 76.7 Å². The van der Waals surface area contributed by atoms with E-state index in [2.05, 4.69) is 60.8 Å². The zero-order valence-corrected chi connectivity index (χ0v) is 19.3. The quantitative estimate of drug-likeness (QED) is 0.206. The van der Waals surface area contributed by atoms with Gasteiger partial charge >= 0.3 is 0 Å². The van der Waals surface area contributed by atoms with Gasteiger partial charge in [0.2, 0.25) is 5.91 Å². The molecule has 1 aromatic rings. The van der Waals surface area contributed by atoms with Crippen LogP contribution in [0.25, 0.3) is 0 Å². The number of nitrogens with one attached hydrogen (secondary N) is 1. The summed E-state index contributed by atoms with van der Waals surface area (Å²) in [6.45, 7) is 2.87.